The van der Waals surface area contributed by atoms with E-state index in [2.05, 4.69) is 20.8 Å². The number of nitrogens with zero attached hydrogens (tertiary/aromatic N) is 1. The molecule has 0 aliphatic rings. The summed E-state index contributed by atoms with van der Waals surface area (Å²) in [5, 5.41) is 11.3. The number of aromatic nitrogens is 2. The highest BCUT2D eigenvalue weighted by molar-refractivity contribution is 6.16. The lowest BCUT2D eigenvalue weighted by atomic mass is 9.85. The number of rotatable bonds is 9. The van der Waals surface area contributed by atoms with Crippen molar-refractivity contribution in [1.82, 2.24) is 15.5 Å². The monoisotopic (exact) mass is 541 g/mol. The van der Waals surface area contributed by atoms with Gasteiger partial charge in [-0.25, -0.2) is 13.6 Å². The molecule has 2 amide bonds. The first-order valence-corrected chi connectivity index (χ1v) is 11.9. The van der Waals surface area contributed by atoms with Crippen molar-refractivity contribution < 1.29 is 32.7 Å². The second-order valence-electron chi connectivity index (χ2n) is 9.90. The Balaban J connectivity index is 1.71. The van der Waals surface area contributed by atoms with Crippen molar-refractivity contribution in [3.05, 3.63) is 83.1 Å². The van der Waals surface area contributed by atoms with Crippen LogP contribution in [0.4, 0.5) is 14.6 Å². The van der Waals surface area contributed by atoms with Gasteiger partial charge in [-0.3, -0.25) is 19.5 Å². The van der Waals surface area contributed by atoms with Crippen molar-refractivity contribution in [1.29, 1.82) is 0 Å². The van der Waals surface area contributed by atoms with Gasteiger partial charge in [0.25, 0.3) is 0 Å². The van der Waals surface area contributed by atoms with E-state index in [-0.39, 0.29) is 29.1 Å². The van der Waals surface area contributed by atoms with Crippen LogP contribution in [-0.4, -0.2) is 45.4 Å². The van der Waals surface area contributed by atoms with E-state index in [4.69, 9.17) is 10.5 Å². The van der Waals surface area contributed by atoms with Crippen LogP contribution in [0.2, 0.25) is 0 Å². The van der Waals surface area contributed by atoms with Crippen molar-refractivity contribution in [3.63, 3.8) is 0 Å². The predicted octanol–water partition coefficient (Wildman–Crippen LogP) is 2.75. The number of nitrogens with two attached hydrogens (primary N) is 1. The smallest absolute Gasteiger partial charge is 0.339 e. The lowest BCUT2D eigenvalue weighted by Crippen LogP contribution is -2.54. The second kappa shape index (κ2) is 11.5. The van der Waals surface area contributed by atoms with Gasteiger partial charge in [-0.2, -0.15) is 5.10 Å². The fraction of sp³-hybridized carbons (Fsp3) is 0.296. The molecule has 0 fully saturated rings. The van der Waals surface area contributed by atoms with E-state index in [0.717, 1.165) is 12.1 Å². The topological polar surface area (TPSA) is 156 Å². The number of aromatic amines is 1. The molecule has 10 nitrogen and oxygen atoms in total. The van der Waals surface area contributed by atoms with E-state index >= 15 is 0 Å². The van der Waals surface area contributed by atoms with Crippen LogP contribution < -0.4 is 16.4 Å². The summed E-state index contributed by atoms with van der Waals surface area (Å²) in [5.41, 5.74) is 3.28. The number of carbonyl (C=O) groups is 4. The summed E-state index contributed by atoms with van der Waals surface area (Å²) in [6, 6.07) is 10.8. The van der Waals surface area contributed by atoms with Gasteiger partial charge in [0.15, 0.2) is 0 Å². The van der Waals surface area contributed by atoms with Gasteiger partial charge in [0.1, 0.15) is 34.8 Å². The Labute approximate surface area is 223 Å². The summed E-state index contributed by atoms with van der Waals surface area (Å²) in [7, 11) is 0. The van der Waals surface area contributed by atoms with Gasteiger partial charge in [0.05, 0.1) is 6.42 Å². The summed E-state index contributed by atoms with van der Waals surface area (Å²) in [6.45, 7) is 6.31. The summed E-state index contributed by atoms with van der Waals surface area (Å²) in [6.07, 6.45) is -0.349. The van der Waals surface area contributed by atoms with Crippen molar-refractivity contribution in [2.75, 3.05) is 5.32 Å². The summed E-state index contributed by atoms with van der Waals surface area (Å²) >= 11 is 0. The van der Waals surface area contributed by atoms with Crippen molar-refractivity contribution in [2.45, 2.75) is 51.3 Å². The Morgan fingerprint density at radius 2 is 1.64 bits per heavy atom. The van der Waals surface area contributed by atoms with Crippen LogP contribution in [0.1, 0.15) is 49.3 Å². The summed E-state index contributed by atoms with van der Waals surface area (Å²) in [5.74, 6) is -4.82. The van der Waals surface area contributed by atoms with E-state index in [1.165, 1.54) is 25.1 Å². The van der Waals surface area contributed by atoms with E-state index in [1.54, 1.807) is 39.0 Å². The quantitative estimate of drug-likeness (QED) is 0.184. The Kier molecular flexibility index (Phi) is 8.60. The zero-order chi connectivity index (χ0) is 29.0. The van der Waals surface area contributed by atoms with E-state index in [1.807, 2.05) is 0 Å². The molecule has 2 aromatic carbocycles. The van der Waals surface area contributed by atoms with Crippen molar-refractivity contribution >= 4 is 29.4 Å². The molecular weight excluding hydrogens is 512 g/mol. The van der Waals surface area contributed by atoms with E-state index < -0.39 is 52.4 Å². The standard InChI is InChI=1S/C27H29F2N5O5/c1-15(31-22(35)12-16-10-18(28)13-19(29)11-16)24(37)32-21-14-20(33-34-21)23(36)27(30,17-8-6-5-7-9-17)25(38)39-26(2,3)4/h5-11,13-15H,12,30H2,1-4H3,(H,31,35)(H2,32,33,34,37). The van der Waals surface area contributed by atoms with Crippen LogP contribution in [-0.2, 0) is 31.1 Å². The van der Waals surface area contributed by atoms with Crippen LogP contribution in [0.3, 0.4) is 0 Å². The Morgan fingerprint density at radius 1 is 1.03 bits per heavy atom. The third kappa shape index (κ3) is 7.32. The lowest BCUT2D eigenvalue weighted by Gasteiger charge is -2.30. The molecule has 12 heteroatoms. The molecule has 0 aliphatic heterocycles. The molecule has 0 spiro atoms. The number of Topliss-reactive ketones (excluding diaryl/α,β-unsaturated/α-hetero) is 1. The molecule has 5 N–H and O–H groups in total. The van der Waals surface area contributed by atoms with Crippen molar-refractivity contribution in [3.8, 4) is 0 Å². The maximum atomic E-state index is 13.5. The van der Waals surface area contributed by atoms with Crippen LogP contribution in [0.5, 0.6) is 0 Å². The minimum atomic E-state index is -2.22. The zero-order valence-corrected chi connectivity index (χ0v) is 21.8. The number of hydrogen-bond acceptors (Lipinski definition) is 7. The molecule has 0 aliphatic carbocycles. The summed E-state index contributed by atoms with van der Waals surface area (Å²) in [4.78, 5) is 51.4. The lowest BCUT2D eigenvalue weighted by molar-refractivity contribution is -0.159. The molecule has 0 radical (unpaired) electrons. The molecule has 1 aromatic heterocycles. The molecule has 39 heavy (non-hydrogen) atoms. The Bertz CT molecular complexity index is 1370. The largest absolute Gasteiger partial charge is 0.458 e. The highest BCUT2D eigenvalue weighted by atomic mass is 19.1. The molecule has 2 atom stereocenters. The first-order chi connectivity index (χ1) is 18.2. The van der Waals surface area contributed by atoms with E-state index in [9.17, 15) is 28.0 Å². The number of esters is 1. The zero-order valence-electron chi connectivity index (χ0n) is 21.8. The van der Waals surface area contributed by atoms with Gasteiger partial charge in [-0.15, -0.1) is 0 Å². The number of hydrogen-bond donors (Lipinski definition) is 4. The third-order valence-corrected chi connectivity index (χ3v) is 5.43. The van der Waals surface area contributed by atoms with Crippen molar-refractivity contribution in [2.24, 2.45) is 5.73 Å². The van der Waals surface area contributed by atoms with Gasteiger partial charge in [0, 0.05) is 12.1 Å². The molecule has 0 saturated heterocycles. The molecule has 1 heterocycles. The van der Waals surface area contributed by atoms with Gasteiger partial charge < -0.3 is 21.1 Å². The number of halogens is 2. The molecule has 206 valence electrons. The fourth-order valence-corrected chi connectivity index (χ4v) is 3.60. The second-order valence-corrected chi connectivity index (χ2v) is 9.90. The Hall–Kier alpha value is -4.45. The first kappa shape index (κ1) is 29.1. The summed E-state index contributed by atoms with van der Waals surface area (Å²) < 4.78 is 32.1. The minimum Gasteiger partial charge on any atom is -0.458 e. The first-order valence-electron chi connectivity index (χ1n) is 11.9. The number of benzene rings is 2. The van der Waals surface area contributed by atoms with Crippen LogP contribution in [0, 0.1) is 11.6 Å². The van der Waals surface area contributed by atoms with Gasteiger partial charge >= 0.3 is 5.97 Å². The fourth-order valence-electron chi connectivity index (χ4n) is 3.60. The predicted molar refractivity (Wildman–Crippen MR) is 137 cm³/mol. The number of carbonyl (C=O) groups excluding carboxylic acids is 4. The molecule has 2 unspecified atom stereocenters. The highest BCUT2D eigenvalue weighted by Crippen LogP contribution is 2.27. The SMILES string of the molecule is CC(NC(=O)Cc1cc(F)cc(F)c1)C(=O)Nc1cc(C(=O)C(N)(C(=O)OC(C)(C)C)c2ccccc2)n[nH]1. The van der Waals surface area contributed by atoms with Crippen LogP contribution in [0.15, 0.2) is 54.6 Å². The highest BCUT2D eigenvalue weighted by Gasteiger charge is 2.48. The number of H-pyrrole nitrogens is 1. The van der Waals surface area contributed by atoms with Gasteiger partial charge in [-0.1, -0.05) is 30.3 Å². The normalized spacial score (nSPS) is 13.6. The maximum absolute atomic E-state index is 13.5. The minimum absolute atomic E-state index is 0.00347. The molecule has 0 bridgehead atoms. The van der Waals surface area contributed by atoms with Crippen LogP contribution >= 0.6 is 0 Å². The maximum Gasteiger partial charge on any atom is 0.339 e. The van der Waals surface area contributed by atoms with Gasteiger partial charge in [-0.05, 0) is 51.0 Å². The average molecular weight is 542 g/mol. The average Bonchev–Trinajstić information content (AvgIpc) is 3.30. The molecule has 3 aromatic rings. The van der Waals surface area contributed by atoms with Crippen LogP contribution in [0.25, 0.3) is 0 Å². The Morgan fingerprint density at radius 3 is 2.23 bits per heavy atom. The number of anilines is 1. The third-order valence-electron chi connectivity index (χ3n) is 5.43. The molecular formula is C27H29F2N5O5. The van der Waals surface area contributed by atoms with Gasteiger partial charge in [0.2, 0.25) is 23.1 Å². The molecule has 0 saturated carbocycles. The van der Waals surface area contributed by atoms with E-state index in [0.29, 0.717) is 6.07 Å². The molecule has 3 rings (SSSR count). The number of amides is 2. The number of nitrogens with one attached hydrogen (secondary N) is 3. The number of ether oxygens (including phenoxy) is 1. The number of ketones is 1.